The normalized spacial score (nSPS) is 14.7. The molecule has 1 aromatic rings. The van der Waals surface area contributed by atoms with Crippen LogP contribution in [0.2, 0.25) is 0 Å². The van der Waals surface area contributed by atoms with Gasteiger partial charge >= 0.3 is 6.01 Å². The van der Waals surface area contributed by atoms with E-state index in [1.165, 1.54) is 12.8 Å². The highest BCUT2D eigenvalue weighted by Crippen LogP contribution is 2.19. The minimum atomic E-state index is 0.0117. The fraction of sp³-hybridized carbons (Fsp3) is 0.750. The molecule has 2 rings (SSSR count). The van der Waals surface area contributed by atoms with Gasteiger partial charge < -0.3 is 20.4 Å². The molecule has 19 heavy (non-hydrogen) atoms. The fourth-order valence-electron chi connectivity index (χ4n) is 1.59. The zero-order chi connectivity index (χ0) is 13.7. The Morgan fingerprint density at radius 1 is 1.42 bits per heavy atom. The quantitative estimate of drug-likeness (QED) is 0.640. The van der Waals surface area contributed by atoms with Crippen molar-refractivity contribution in [2.24, 2.45) is 0 Å². The standard InChI is InChI=1S/C12H21N5O2/c1-8(2)15-10(18)5-6-13-12-17-16-11(19-12)7-14-9-3-4-9/h8-9,14H,3-7H2,1-2H3,(H,13,17)(H,15,18). The first-order chi connectivity index (χ1) is 9.13. The second-order valence-electron chi connectivity index (χ2n) is 5.06. The molecule has 3 N–H and O–H groups in total. The van der Waals surface area contributed by atoms with Crippen molar-refractivity contribution in [2.45, 2.75) is 51.7 Å². The Bertz CT molecular complexity index is 414. The summed E-state index contributed by atoms with van der Waals surface area (Å²) in [6.07, 6.45) is 2.84. The summed E-state index contributed by atoms with van der Waals surface area (Å²) in [4.78, 5) is 11.4. The van der Waals surface area contributed by atoms with Crippen LogP contribution in [-0.4, -0.2) is 34.7 Å². The van der Waals surface area contributed by atoms with Crippen LogP contribution in [-0.2, 0) is 11.3 Å². The molecule has 0 aromatic carbocycles. The minimum Gasteiger partial charge on any atom is -0.407 e. The number of hydrogen-bond donors (Lipinski definition) is 3. The first-order valence-corrected chi connectivity index (χ1v) is 6.72. The predicted molar refractivity (Wildman–Crippen MR) is 70.5 cm³/mol. The molecule has 0 saturated heterocycles. The van der Waals surface area contributed by atoms with Crippen LogP contribution >= 0.6 is 0 Å². The highest BCUT2D eigenvalue weighted by Gasteiger charge is 2.21. The molecule has 1 aromatic heterocycles. The molecule has 0 atom stereocenters. The lowest BCUT2D eigenvalue weighted by molar-refractivity contribution is -0.121. The van der Waals surface area contributed by atoms with E-state index >= 15 is 0 Å². The lowest BCUT2D eigenvalue weighted by Crippen LogP contribution is -2.31. The highest BCUT2D eigenvalue weighted by molar-refractivity contribution is 5.76. The molecule has 1 fully saturated rings. The lowest BCUT2D eigenvalue weighted by atomic mass is 10.3. The number of nitrogens with one attached hydrogen (secondary N) is 3. The summed E-state index contributed by atoms with van der Waals surface area (Å²) in [6, 6.07) is 1.14. The first kappa shape index (κ1) is 13.8. The van der Waals surface area contributed by atoms with Crippen molar-refractivity contribution in [1.82, 2.24) is 20.8 Å². The Hall–Kier alpha value is -1.63. The summed E-state index contributed by atoms with van der Waals surface area (Å²) in [6.45, 7) is 4.95. The molecular formula is C12H21N5O2. The van der Waals surface area contributed by atoms with Gasteiger partial charge in [-0.25, -0.2) is 0 Å². The number of carbonyl (C=O) groups excluding carboxylic acids is 1. The SMILES string of the molecule is CC(C)NC(=O)CCNc1nnc(CNC2CC2)o1. The molecule has 7 nitrogen and oxygen atoms in total. The summed E-state index contributed by atoms with van der Waals surface area (Å²) in [7, 11) is 0. The van der Waals surface area contributed by atoms with E-state index in [1.807, 2.05) is 13.8 Å². The number of hydrogen-bond acceptors (Lipinski definition) is 6. The van der Waals surface area contributed by atoms with Crippen LogP contribution in [0.3, 0.4) is 0 Å². The van der Waals surface area contributed by atoms with Crippen molar-refractivity contribution in [3.05, 3.63) is 5.89 Å². The second-order valence-corrected chi connectivity index (χ2v) is 5.06. The van der Waals surface area contributed by atoms with Crippen molar-refractivity contribution >= 4 is 11.9 Å². The molecule has 1 amide bonds. The van der Waals surface area contributed by atoms with Gasteiger partial charge in [0.1, 0.15) is 0 Å². The number of rotatable bonds is 8. The second kappa shape index (κ2) is 6.51. The molecule has 1 aliphatic carbocycles. The number of anilines is 1. The lowest BCUT2D eigenvalue weighted by Gasteiger charge is -2.07. The van der Waals surface area contributed by atoms with Crippen LogP contribution in [0.25, 0.3) is 0 Å². The van der Waals surface area contributed by atoms with Crippen molar-refractivity contribution in [1.29, 1.82) is 0 Å². The molecule has 106 valence electrons. The number of nitrogens with zero attached hydrogens (tertiary/aromatic N) is 2. The monoisotopic (exact) mass is 267 g/mol. The number of aromatic nitrogens is 2. The first-order valence-electron chi connectivity index (χ1n) is 6.72. The maximum absolute atomic E-state index is 11.4. The third kappa shape index (κ3) is 5.25. The van der Waals surface area contributed by atoms with E-state index in [9.17, 15) is 4.79 Å². The Balaban J connectivity index is 1.63. The Labute approximate surface area is 112 Å². The van der Waals surface area contributed by atoms with Crippen molar-refractivity contribution in [3.63, 3.8) is 0 Å². The maximum Gasteiger partial charge on any atom is 0.315 e. The predicted octanol–water partition coefficient (Wildman–Crippen LogP) is 0.648. The van der Waals surface area contributed by atoms with Gasteiger partial charge in [-0.15, -0.1) is 5.10 Å². The van der Waals surface area contributed by atoms with Gasteiger partial charge in [0.15, 0.2) is 0 Å². The van der Waals surface area contributed by atoms with Crippen molar-refractivity contribution in [2.75, 3.05) is 11.9 Å². The van der Waals surface area contributed by atoms with E-state index in [-0.39, 0.29) is 11.9 Å². The molecule has 1 aliphatic rings. The van der Waals surface area contributed by atoms with E-state index in [0.717, 1.165) is 0 Å². The van der Waals surface area contributed by atoms with Crippen molar-refractivity contribution in [3.8, 4) is 0 Å². The average Bonchev–Trinajstić information content (AvgIpc) is 3.06. The van der Waals surface area contributed by atoms with Gasteiger partial charge in [0, 0.05) is 25.0 Å². The number of carbonyl (C=O) groups is 1. The van der Waals surface area contributed by atoms with Crippen LogP contribution in [0, 0.1) is 0 Å². The molecule has 1 heterocycles. The Kier molecular flexibility index (Phi) is 4.73. The molecule has 0 spiro atoms. The summed E-state index contributed by atoms with van der Waals surface area (Å²) in [5.74, 6) is 0.582. The number of amides is 1. The van der Waals surface area contributed by atoms with E-state index in [1.54, 1.807) is 0 Å². The molecule has 0 radical (unpaired) electrons. The van der Waals surface area contributed by atoms with Gasteiger partial charge in [-0.3, -0.25) is 4.79 Å². The summed E-state index contributed by atoms with van der Waals surface area (Å²) < 4.78 is 5.40. The molecular weight excluding hydrogens is 246 g/mol. The Morgan fingerprint density at radius 3 is 2.89 bits per heavy atom. The van der Waals surface area contributed by atoms with E-state index in [0.29, 0.717) is 37.5 Å². The van der Waals surface area contributed by atoms with Gasteiger partial charge in [0.2, 0.25) is 11.8 Å². The minimum absolute atomic E-state index is 0.0117. The van der Waals surface area contributed by atoms with Crippen LogP contribution in [0.4, 0.5) is 6.01 Å². The molecule has 7 heteroatoms. The largest absolute Gasteiger partial charge is 0.407 e. The van der Waals surface area contributed by atoms with Crippen LogP contribution < -0.4 is 16.0 Å². The molecule has 0 aliphatic heterocycles. The Morgan fingerprint density at radius 2 is 2.21 bits per heavy atom. The average molecular weight is 267 g/mol. The van der Waals surface area contributed by atoms with Gasteiger partial charge in [0.25, 0.3) is 0 Å². The maximum atomic E-state index is 11.4. The van der Waals surface area contributed by atoms with E-state index in [2.05, 4.69) is 26.1 Å². The highest BCUT2D eigenvalue weighted by atomic mass is 16.4. The van der Waals surface area contributed by atoms with E-state index in [4.69, 9.17) is 4.42 Å². The van der Waals surface area contributed by atoms with Gasteiger partial charge in [-0.2, -0.15) is 0 Å². The molecule has 1 saturated carbocycles. The van der Waals surface area contributed by atoms with Gasteiger partial charge in [-0.05, 0) is 26.7 Å². The summed E-state index contributed by atoms with van der Waals surface area (Å²) in [5.41, 5.74) is 0. The summed E-state index contributed by atoms with van der Waals surface area (Å²) >= 11 is 0. The summed E-state index contributed by atoms with van der Waals surface area (Å²) in [5, 5.41) is 16.8. The van der Waals surface area contributed by atoms with Crippen LogP contribution in [0.15, 0.2) is 4.42 Å². The third-order valence-electron chi connectivity index (χ3n) is 2.66. The van der Waals surface area contributed by atoms with Crippen LogP contribution in [0.1, 0.15) is 39.0 Å². The molecule has 0 unspecified atom stereocenters. The zero-order valence-corrected chi connectivity index (χ0v) is 11.4. The fourth-order valence-corrected chi connectivity index (χ4v) is 1.59. The van der Waals surface area contributed by atoms with Gasteiger partial charge in [-0.1, -0.05) is 5.10 Å². The van der Waals surface area contributed by atoms with E-state index < -0.39 is 0 Å². The molecule has 0 bridgehead atoms. The third-order valence-corrected chi connectivity index (χ3v) is 2.66. The topological polar surface area (TPSA) is 92.1 Å². The van der Waals surface area contributed by atoms with Crippen LogP contribution in [0.5, 0.6) is 0 Å². The van der Waals surface area contributed by atoms with Crippen molar-refractivity contribution < 1.29 is 9.21 Å². The smallest absolute Gasteiger partial charge is 0.315 e. The zero-order valence-electron chi connectivity index (χ0n) is 11.4. The van der Waals surface area contributed by atoms with Gasteiger partial charge in [0.05, 0.1) is 6.54 Å².